The molecule has 4 heteroatoms. The molecule has 0 heterocycles. The van der Waals surface area contributed by atoms with Crippen molar-refractivity contribution in [1.29, 1.82) is 0 Å². The Morgan fingerprint density at radius 3 is 2.70 bits per heavy atom. The van der Waals surface area contributed by atoms with Gasteiger partial charge in [0.2, 0.25) is 0 Å². The van der Waals surface area contributed by atoms with Crippen LogP contribution < -0.4 is 4.74 Å². The van der Waals surface area contributed by atoms with Gasteiger partial charge in [0.15, 0.2) is 0 Å². The van der Waals surface area contributed by atoms with Crippen molar-refractivity contribution in [2.45, 2.75) is 18.7 Å². The maximum atomic E-state index is 13.7. The SMILES string of the molecule is CCCOc1cccc(C(Cl)c2cc(F)ccc2F)c1. The lowest BCUT2D eigenvalue weighted by Crippen LogP contribution is -2.00. The number of hydrogen-bond donors (Lipinski definition) is 0. The molecule has 1 nitrogen and oxygen atoms in total. The second kappa shape index (κ2) is 6.71. The number of rotatable bonds is 5. The molecule has 0 aromatic heterocycles. The lowest BCUT2D eigenvalue weighted by molar-refractivity contribution is 0.317. The van der Waals surface area contributed by atoms with E-state index in [0.29, 0.717) is 17.9 Å². The van der Waals surface area contributed by atoms with E-state index in [0.717, 1.165) is 24.6 Å². The second-order valence-corrected chi connectivity index (χ2v) is 4.89. The molecule has 0 saturated carbocycles. The van der Waals surface area contributed by atoms with Crippen LogP contribution in [0.1, 0.15) is 29.8 Å². The third-order valence-electron chi connectivity index (χ3n) is 2.85. The van der Waals surface area contributed by atoms with Gasteiger partial charge >= 0.3 is 0 Å². The van der Waals surface area contributed by atoms with Crippen LogP contribution in [-0.2, 0) is 0 Å². The molecule has 1 unspecified atom stereocenters. The van der Waals surface area contributed by atoms with Gasteiger partial charge in [-0.25, -0.2) is 8.78 Å². The molecule has 2 aromatic carbocycles. The van der Waals surface area contributed by atoms with Crippen molar-refractivity contribution < 1.29 is 13.5 Å². The normalized spacial score (nSPS) is 12.2. The van der Waals surface area contributed by atoms with Gasteiger partial charge in [0.1, 0.15) is 17.4 Å². The number of alkyl halides is 1. The Morgan fingerprint density at radius 2 is 1.95 bits per heavy atom. The fourth-order valence-corrected chi connectivity index (χ4v) is 2.17. The maximum absolute atomic E-state index is 13.7. The van der Waals surface area contributed by atoms with Crippen LogP contribution >= 0.6 is 11.6 Å². The molecule has 0 fully saturated rings. The molecule has 20 heavy (non-hydrogen) atoms. The van der Waals surface area contributed by atoms with E-state index in [-0.39, 0.29) is 5.56 Å². The molecule has 0 spiro atoms. The minimum Gasteiger partial charge on any atom is -0.494 e. The van der Waals surface area contributed by atoms with Gasteiger partial charge in [0.05, 0.1) is 12.0 Å². The number of benzene rings is 2. The first-order valence-electron chi connectivity index (χ1n) is 6.43. The molecule has 0 amide bonds. The largest absolute Gasteiger partial charge is 0.494 e. The number of halogens is 3. The summed E-state index contributed by atoms with van der Waals surface area (Å²) in [5, 5.41) is -0.754. The van der Waals surface area contributed by atoms with E-state index in [4.69, 9.17) is 16.3 Å². The van der Waals surface area contributed by atoms with E-state index >= 15 is 0 Å². The summed E-state index contributed by atoms with van der Waals surface area (Å²) in [7, 11) is 0. The van der Waals surface area contributed by atoms with Gasteiger partial charge in [0.25, 0.3) is 0 Å². The Kier molecular flexibility index (Phi) is 4.96. The molecular formula is C16H15ClF2O. The Hall–Kier alpha value is -1.61. The molecule has 2 aromatic rings. The minimum absolute atomic E-state index is 0.124. The summed E-state index contributed by atoms with van der Waals surface area (Å²) in [4.78, 5) is 0. The highest BCUT2D eigenvalue weighted by atomic mass is 35.5. The summed E-state index contributed by atoms with van der Waals surface area (Å²) in [6.45, 7) is 2.61. The third-order valence-corrected chi connectivity index (χ3v) is 3.34. The lowest BCUT2D eigenvalue weighted by atomic mass is 10.0. The van der Waals surface area contributed by atoms with Crippen molar-refractivity contribution in [1.82, 2.24) is 0 Å². The van der Waals surface area contributed by atoms with E-state index < -0.39 is 17.0 Å². The van der Waals surface area contributed by atoms with Crippen LogP contribution in [0.15, 0.2) is 42.5 Å². The van der Waals surface area contributed by atoms with E-state index in [2.05, 4.69) is 0 Å². The Bertz CT molecular complexity index is 586. The highest BCUT2D eigenvalue weighted by molar-refractivity contribution is 6.22. The van der Waals surface area contributed by atoms with Crippen LogP contribution in [0.5, 0.6) is 5.75 Å². The van der Waals surface area contributed by atoms with E-state index in [1.165, 1.54) is 0 Å². The molecule has 1 atom stereocenters. The first kappa shape index (κ1) is 14.8. The molecule has 2 rings (SSSR count). The van der Waals surface area contributed by atoms with Gasteiger partial charge in [-0.15, -0.1) is 11.6 Å². The van der Waals surface area contributed by atoms with Crippen molar-refractivity contribution in [3.63, 3.8) is 0 Å². The monoisotopic (exact) mass is 296 g/mol. The predicted molar refractivity (Wildman–Crippen MR) is 76.3 cm³/mol. The first-order chi connectivity index (χ1) is 9.61. The van der Waals surface area contributed by atoms with Crippen LogP contribution in [-0.4, -0.2) is 6.61 Å². The van der Waals surface area contributed by atoms with Gasteiger partial charge in [-0.2, -0.15) is 0 Å². The summed E-state index contributed by atoms with van der Waals surface area (Å²) >= 11 is 6.25. The Labute approximate surface area is 122 Å². The topological polar surface area (TPSA) is 9.23 Å². The first-order valence-corrected chi connectivity index (χ1v) is 6.87. The van der Waals surface area contributed by atoms with Crippen molar-refractivity contribution >= 4 is 11.6 Å². The molecular weight excluding hydrogens is 282 g/mol. The van der Waals surface area contributed by atoms with Gasteiger partial charge in [-0.1, -0.05) is 19.1 Å². The van der Waals surface area contributed by atoms with Crippen LogP contribution in [0, 0.1) is 11.6 Å². The van der Waals surface area contributed by atoms with Crippen molar-refractivity contribution in [3.8, 4) is 5.75 Å². The minimum atomic E-state index is -0.754. The molecule has 0 aliphatic carbocycles. The molecule has 0 aliphatic heterocycles. The Morgan fingerprint density at radius 1 is 1.15 bits per heavy atom. The lowest BCUT2D eigenvalue weighted by Gasteiger charge is -2.13. The average Bonchev–Trinajstić information content (AvgIpc) is 2.47. The zero-order chi connectivity index (χ0) is 14.5. The summed E-state index contributed by atoms with van der Waals surface area (Å²) in [5.41, 5.74) is 0.795. The summed E-state index contributed by atoms with van der Waals surface area (Å²) in [5.74, 6) is -0.358. The van der Waals surface area contributed by atoms with Crippen molar-refractivity contribution in [3.05, 3.63) is 65.2 Å². The summed E-state index contributed by atoms with van der Waals surface area (Å²) < 4.78 is 32.5. The van der Waals surface area contributed by atoms with Crippen LogP contribution in [0.2, 0.25) is 0 Å². The maximum Gasteiger partial charge on any atom is 0.128 e. The van der Waals surface area contributed by atoms with Gasteiger partial charge < -0.3 is 4.74 Å². The van der Waals surface area contributed by atoms with Crippen LogP contribution in [0.4, 0.5) is 8.78 Å². The molecule has 0 bridgehead atoms. The van der Waals surface area contributed by atoms with E-state index in [1.54, 1.807) is 18.2 Å². The van der Waals surface area contributed by atoms with Gasteiger partial charge in [-0.05, 0) is 42.3 Å². The van der Waals surface area contributed by atoms with Crippen molar-refractivity contribution in [2.75, 3.05) is 6.61 Å². The third kappa shape index (κ3) is 3.48. The fourth-order valence-electron chi connectivity index (χ4n) is 1.87. The summed E-state index contributed by atoms with van der Waals surface area (Å²) in [6.07, 6.45) is 0.896. The zero-order valence-corrected chi connectivity index (χ0v) is 11.8. The highest BCUT2D eigenvalue weighted by Crippen LogP contribution is 2.32. The summed E-state index contributed by atoms with van der Waals surface area (Å²) in [6, 6.07) is 10.4. The van der Waals surface area contributed by atoms with Gasteiger partial charge in [-0.3, -0.25) is 0 Å². The standard InChI is InChI=1S/C16H15ClF2O/c1-2-8-20-13-5-3-4-11(9-13)16(17)14-10-12(18)6-7-15(14)19/h3-7,9-10,16H,2,8H2,1H3. The Balaban J connectivity index is 2.28. The molecule has 0 N–H and O–H groups in total. The average molecular weight is 297 g/mol. The smallest absolute Gasteiger partial charge is 0.128 e. The number of ether oxygens (including phenoxy) is 1. The molecule has 0 radical (unpaired) electrons. The van der Waals surface area contributed by atoms with E-state index in [9.17, 15) is 8.78 Å². The second-order valence-electron chi connectivity index (χ2n) is 4.45. The highest BCUT2D eigenvalue weighted by Gasteiger charge is 2.16. The molecule has 0 saturated heterocycles. The fraction of sp³-hybridized carbons (Fsp3) is 0.250. The van der Waals surface area contributed by atoms with Crippen molar-refractivity contribution in [2.24, 2.45) is 0 Å². The molecule has 0 aliphatic rings. The van der Waals surface area contributed by atoms with Gasteiger partial charge in [0, 0.05) is 5.56 Å². The zero-order valence-electron chi connectivity index (χ0n) is 11.1. The predicted octanol–water partition coefficient (Wildman–Crippen LogP) is 5.08. The molecule has 106 valence electrons. The number of hydrogen-bond acceptors (Lipinski definition) is 1. The van der Waals surface area contributed by atoms with E-state index in [1.807, 2.05) is 13.0 Å². The van der Waals surface area contributed by atoms with Crippen LogP contribution in [0.3, 0.4) is 0 Å². The quantitative estimate of drug-likeness (QED) is 0.699. The van der Waals surface area contributed by atoms with Crippen LogP contribution in [0.25, 0.3) is 0 Å².